The second kappa shape index (κ2) is 5.58. The molecule has 0 aliphatic heterocycles. The van der Waals surface area contributed by atoms with Gasteiger partial charge in [-0.2, -0.15) is 13.1 Å². The normalized spacial score (nSPS) is 12.0. The predicted molar refractivity (Wildman–Crippen MR) is 73.2 cm³/mol. The van der Waals surface area contributed by atoms with Crippen molar-refractivity contribution in [2.75, 3.05) is 11.8 Å². The third-order valence-corrected chi connectivity index (χ3v) is 3.38. The monoisotopic (exact) mass is 286 g/mol. The van der Waals surface area contributed by atoms with E-state index in [-0.39, 0.29) is 0 Å². The van der Waals surface area contributed by atoms with Crippen LogP contribution in [0.5, 0.6) is 0 Å². The minimum Gasteiger partial charge on any atom is -0.465 e. The van der Waals surface area contributed by atoms with E-state index in [1.54, 1.807) is 20.8 Å². The standard InChI is InChI=1S/C12H18N2O4S/c1-12(2,3)14-19(16,17)13-10-7-5-9(6-8-10)11(15)18-4/h5-8,13-14H,1-4H3. The summed E-state index contributed by atoms with van der Waals surface area (Å²) in [6.07, 6.45) is 0. The summed E-state index contributed by atoms with van der Waals surface area (Å²) in [5, 5.41) is 0. The van der Waals surface area contributed by atoms with Crippen molar-refractivity contribution in [2.45, 2.75) is 26.3 Å². The molecular formula is C12H18N2O4S. The van der Waals surface area contributed by atoms with Gasteiger partial charge < -0.3 is 4.74 Å². The van der Waals surface area contributed by atoms with E-state index in [0.29, 0.717) is 11.3 Å². The molecule has 0 amide bonds. The van der Waals surface area contributed by atoms with Crippen LogP contribution >= 0.6 is 0 Å². The van der Waals surface area contributed by atoms with Crippen LogP contribution in [0.3, 0.4) is 0 Å². The summed E-state index contributed by atoms with van der Waals surface area (Å²) in [7, 11) is -2.36. The average Bonchev–Trinajstić information content (AvgIpc) is 2.25. The van der Waals surface area contributed by atoms with Crippen molar-refractivity contribution < 1.29 is 17.9 Å². The van der Waals surface area contributed by atoms with Gasteiger partial charge in [0.1, 0.15) is 0 Å². The van der Waals surface area contributed by atoms with E-state index in [9.17, 15) is 13.2 Å². The van der Waals surface area contributed by atoms with Gasteiger partial charge in [-0.15, -0.1) is 0 Å². The zero-order valence-corrected chi connectivity index (χ0v) is 12.2. The van der Waals surface area contributed by atoms with Crippen LogP contribution in [-0.2, 0) is 14.9 Å². The molecular weight excluding hydrogens is 268 g/mol. The summed E-state index contributed by atoms with van der Waals surface area (Å²) >= 11 is 0. The van der Waals surface area contributed by atoms with Gasteiger partial charge in [-0.25, -0.2) is 4.79 Å². The maximum absolute atomic E-state index is 11.8. The minimum atomic E-state index is -3.65. The first-order valence-corrected chi connectivity index (χ1v) is 7.11. The largest absolute Gasteiger partial charge is 0.465 e. The van der Waals surface area contributed by atoms with Crippen molar-refractivity contribution in [1.82, 2.24) is 4.72 Å². The molecule has 1 aromatic rings. The van der Waals surface area contributed by atoms with Gasteiger partial charge in [0.15, 0.2) is 0 Å². The van der Waals surface area contributed by atoms with E-state index >= 15 is 0 Å². The Bertz CT molecular complexity index is 544. The number of carbonyl (C=O) groups is 1. The molecule has 1 rings (SSSR count). The van der Waals surface area contributed by atoms with Crippen LogP contribution in [0.2, 0.25) is 0 Å². The van der Waals surface area contributed by atoms with Crippen LogP contribution in [0.4, 0.5) is 5.69 Å². The van der Waals surface area contributed by atoms with Crippen molar-refractivity contribution in [3.63, 3.8) is 0 Å². The van der Waals surface area contributed by atoms with Crippen molar-refractivity contribution in [3.8, 4) is 0 Å². The number of esters is 1. The van der Waals surface area contributed by atoms with Gasteiger partial charge in [-0.1, -0.05) is 0 Å². The third kappa shape index (κ3) is 5.27. The van der Waals surface area contributed by atoms with Crippen molar-refractivity contribution in [2.24, 2.45) is 0 Å². The van der Waals surface area contributed by atoms with Crippen LogP contribution < -0.4 is 9.44 Å². The highest BCUT2D eigenvalue weighted by Gasteiger charge is 2.19. The lowest BCUT2D eigenvalue weighted by Crippen LogP contribution is -2.43. The van der Waals surface area contributed by atoms with E-state index in [1.165, 1.54) is 31.4 Å². The van der Waals surface area contributed by atoms with E-state index in [2.05, 4.69) is 14.2 Å². The average molecular weight is 286 g/mol. The molecule has 2 N–H and O–H groups in total. The van der Waals surface area contributed by atoms with Gasteiger partial charge in [0, 0.05) is 11.2 Å². The summed E-state index contributed by atoms with van der Waals surface area (Å²) in [6, 6.07) is 5.96. The van der Waals surface area contributed by atoms with Crippen LogP contribution in [0.1, 0.15) is 31.1 Å². The predicted octanol–water partition coefficient (Wildman–Crippen LogP) is 1.52. The Labute approximate surface area is 113 Å². The summed E-state index contributed by atoms with van der Waals surface area (Å²) in [5.74, 6) is -0.470. The lowest BCUT2D eigenvalue weighted by Gasteiger charge is -2.20. The first-order chi connectivity index (χ1) is 8.63. The molecule has 0 spiro atoms. The number of benzene rings is 1. The fraction of sp³-hybridized carbons (Fsp3) is 0.417. The smallest absolute Gasteiger partial charge is 0.337 e. The number of ether oxygens (including phenoxy) is 1. The minimum absolute atomic E-state index is 0.356. The van der Waals surface area contributed by atoms with Crippen molar-refractivity contribution in [1.29, 1.82) is 0 Å². The molecule has 106 valence electrons. The maximum atomic E-state index is 11.8. The topological polar surface area (TPSA) is 84.5 Å². The van der Waals surface area contributed by atoms with Gasteiger partial charge in [0.05, 0.1) is 12.7 Å². The lowest BCUT2D eigenvalue weighted by atomic mass is 10.1. The van der Waals surface area contributed by atoms with Gasteiger partial charge in [0.2, 0.25) is 0 Å². The quantitative estimate of drug-likeness (QED) is 0.822. The summed E-state index contributed by atoms with van der Waals surface area (Å²) in [4.78, 5) is 11.2. The van der Waals surface area contributed by atoms with Crippen LogP contribution in [-0.4, -0.2) is 27.0 Å². The number of nitrogens with one attached hydrogen (secondary N) is 2. The van der Waals surface area contributed by atoms with Crippen LogP contribution in [0.25, 0.3) is 0 Å². The highest BCUT2D eigenvalue weighted by atomic mass is 32.2. The number of hydrogen-bond donors (Lipinski definition) is 2. The molecule has 0 fully saturated rings. The molecule has 0 aromatic heterocycles. The van der Waals surface area contributed by atoms with Gasteiger partial charge in [0.25, 0.3) is 10.2 Å². The van der Waals surface area contributed by atoms with Gasteiger partial charge in [-0.3, -0.25) is 4.72 Å². The SMILES string of the molecule is COC(=O)c1ccc(NS(=O)(=O)NC(C)(C)C)cc1. The molecule has 0 saturated heterocycles. The number of rotatable bonds is 4. The fourth-order valence-electron chi connectivity index (χ4n) is 1.38. The Kier molecular flexibility index (Phi) is 4.54. The first-order valence-electron chi connectivity index (χ1n) is 5.63. The van der Waals surface area contributed by atoms with Crippen molar-refractivity contribution in [3.05, 3.63) is 29.8 Å². The Hall–Kier alpha value is -1.60. The molecule has 0 atom stereocenters. The third-order valence-electron chi connectivity index (χ3n) is 2.00. The number of anilines is 1. The Morgan fingerprint density at radius 1 is 1.16 bits per heavy atom. The van der Waals surface area contributed by atoms with Crippen molar-refractivity contribution >= 4 is 21.9 Å². The lowest BCUT2D eigenvalue weighted by molar-refractivity contribution is 0.0601. The van der Waals surface area contributed by atoms with Gasteiger partial charge >= 0.3 is 5.97 Å². The Morgan fingerprint density at radius 3 is 2.11 bits per heavy atom. The zero-order valence-electron chi connectivity index (χ0n) is 11.4. The molecule has 1 aromatic carbocycles. The van der Waals surface area contributed by atoms with Gasteiger partial charge in [-0.05, 0) is 45.0 Å². The molecule has 0 bridgehead atoms. The molecule has 6 nitrogen and oxygen atoms in total. The first kappa shape index (κ1) is 15.5. The molecule has 0 heterocycles. The molecule has 19 heavy (non-hydrogen) atoms. The highest BCUT2D eigenvalue weighted by Crippen LogP contribution is 2.12. The fourth-order valence-corrected chi connectivity index (χ4v) is 2.68. The number of hydrogen-bond acceptors (Lipinski definition) is 4. The molecule has 0 radical (unpaired) electrons. The van der Waals surface area contributed by atoms with E-state index in [0.717, 1.165) is 0 Å². The highest BCUT2D eigenvalue weighted by molar-refractivity contribution is 7.90. The summed E-state index contributed by atoms with van der Waals surface area (Å²) in [5.41, 5.74) is 0.149. The van der Waals surface area contributed by atoms with Crippen LogP contribution in [0.15, 0.2) is 24.3 Å². The summed E-state index contributed by atoms with van der Waals surface area (Å²) < 4.78 is 32.9. The summed E-state index contributed by atoms with van der Waals surface area (Å²) in [6.45, 7) is 5.23. The van der Waals surface area contributed by atoms with E-state index in [4.69, 9.17) is 0 Å². The second-order valence-electron chi connectivity index (χ2n) is 5.03. The van der Waals surface area contributed by atoms with E-state index in [1.807, 2.05) is 0 Å². The second-order valence-corrected chi connectivity index (χ2v) is 6.44. The Morgan fingerprint density at radius 2 is 1.68 bits per heavy atom. The molecule has 0 saturated carbocycles. The molecule has 0 aliphatic carbocycles. The number of methoxy groups -OCH3 is 1. The molecule has 0 aliphatic rings. The maximum Gasteiger partial charge on any atom is 0.337 e. The van der Waals surface area contributed by atoms with Crippen LogP contribution in [0, 0.1) is 0 Å². The Balaban J connectivity index is 2.81. The molecule has 7 heteroatoms. The molecule has 0 unspecified atom stereocenters. The van der Waals surface area contributed by atoms with E-state index < -0.39 is 21.7 Å². The zero-order chi connectivity index (χ0) is 14.7. The number of carbonyl (C=O) groups excluding carboxylic acids is 1.